The Morgan fingerprint density at radius 3 is 1.59 bits per heavy atom. The average Bonchev–Trinajstić information content (AvgIpc) is 2.74. The molecule has 0 spiro atoms. The quantitative estimate of drug-likeness (QED) is 0.197. The molecular weight excluding hydrogens is 504 g/mol. The molecule has 10 nitrogen and oxygen atoms in total. The number of aliphatic carboxylic acids is 1. The predicted octanol–water partition coefficient (Wildman–Crippen LogP) is 5.52. The standard InChI is InChI=1S/C18H25NO4.C11H19NO4/c1-13(2)11-15(19-17(21)23-18(3,4)5)16(20)22-12-14-9-7-6-8-10-14;1-7(2)6-8(9(13)14)12-10(15)16-11(3,4)5/h6-10,15H,1,11-12H2,2-5H3,(H,19,21);8H,1,6H2,2-5H3,(H,12,15)(H,13,14)/t15-;8-/m00/s1. The van der Waals surface area contributed by atoms with Crippen LogP contribution in [-0.4, -0.2) is 52.5 Å². The molecule has 1 rings (SSSR count). The molecule has 0 bridgehead atoms. The van der Waals surface area contributed by atoms with Gasteiger partial charge in [0.25, 0.3) is 0 Å². The second-order valence-electron chi connectivity index (χ2n) is 11.2. The summed E-state index contributed by atoms with van der Waals surface area (Å²) in [6.45, 7) is 21.4. The maximum absolute atomic E-state index is 12.2. The molecule has 218 valence electrons. The van der Waals surface area contributed by atoms with Crippen LogP contribution in [0.3, 0.4) is 0 Å². The Labute approximate surface area is 231 Å². The van der Waals surface area contributed by atoms with E-state index in [-0.39, 0.29) is 13.0 Å². The van der Waals surface area contributed by atoms with Crippen LogP contribution in [0, 0.1) is 0 Å². The van der Waals surface area contributed by atoms with Gasteiger partial charge in [0, 0.05) is 0 Å². The van der Waals surface area contributed by atoms with Gasteiger partial charge < -0.3 is 30.0 Å². The zero-order valence-corrected chi connectivity index (χ0v) is 24.4. The zero-order chi connectivity index (χ0) is 30.4. The van der Waals surface area contributed by atoms with E-state index in [0.29, 0.717) is 12.0 Å². The number of carbonyl (C=O) groups excluding carboxylic acids is 3. The smallest absolute Gasteiger partial charge is 0.408 e. The molecule has 39 heavy (non-hydrogen) atoms. The van der Waals surface area contributed by atoms with E-state index in [1.165, 1.54) is 0 Å². The van der Waals surface area contributed by atoms with Crippen molar-refractivity contribution < 1.29 is 38.5 Å². The maximum atomic E-state index is 12.2. The first-order chi connectivity index (χ1) is 17.8. The molecule has 3 N–H and O–H groups in total. The van der Waals surface area contributed by atoms with Crippen molar-refractivity contribution in [3.63, 3.8) is 0 Å². The molecule has 0 aliphatic carbocycles. The number of ether oxygens (including phenoxy) is 3. The van der Waals surface area contributed by atoms with E-state index < -0.39 is 47.4 Å². The van der Waals surface area contributed by atoms with Crippen LogP contribution in [0.1, 0.15) is 73.8 Å². The highest BCUT2D eigenvalue weighted by Gasteiger charge is 2.26. The molecule has 0 aliphatic heterocycles. The minimum absolute atomic E-state index is 0.155. The lowest BCUT2D eigenvalue weighted by atomic mass is 10.1. The lowest BCUT2D eigenvalue weighted by molar-refractivity contribution is -0.147. The number of rotatable bonds is 10. The van der Waals surface area contributed by atoms with Gasteiger partial charge in [0.2, 0.25) is 0 Å². The average molecular weight is 549 g/mol. The maximum Gasteiger partial charge on any atom is 0.408 e. The Bertz CT molecular complexity index is 991. The molecule has 1 aromatic rings. The highest BCUT2D eigenvalue weighted by Crippen LogP contribution is 2.11. The first-order valence-electron chi connectivity index (χ1n) is 12.5. The summed E-state index contributed by atoms with van der Waals surface area (Å²) in [4.78, 5) is 46.2. The molecule has 0 radical (unpaired) electrons. The minimum Gasteiger partial charge on any atom is -0.480 e. The lowest BCUT2D eigenvalue weighted by Crippen LogP contribution is -2.44. The molecular formula is C29H44N2O8. The van der Waals surface area contributed by atoms with Crippen molar-refractivity contribution in [2.45, 2.75) is 98.1 Å². The SMILES string of the molecule is C=C(C)C[C@H](NC(=O)OC(C)(C)C)C(=O)O.C=C(C)C[C@H](NC(=O)OC(C)(C)C)C(=O)OCc1ccccc1. The number of amides is 2. The number of carbonyl (C=O) groups is 4. The van der Waals surface area contributed by atoms with Gasteiger partial charge in [-0.05, 0) is 73.8 Å². The van der Waals surface area contributed by atoms with Gasteiger partial charge in [0.15, 0.2) is 0 Å². The van der Waals surface area contributed by atoms with Gasteiger partial charge in [0.1, 0.15) is 29.9 Å². The fraction of sp³-hybridized carbons (Fsp3) is 0.517. The van der Waals surface area contributed by atoms with E-state index in [9.17, 15) is 19.2 Å². The number of nitrogens with one attached hydrogen (secondary N) is 2. The number of hydrogen-bond donors (Lipinski definition) is 3. The summed E-state index contributed by atoms with van der Waals surface area (Å²) in [5, 5.41) is 13.7. The Balaban J connectivity index is 0.000000794. The third kappa shape index (κ3) is 19.0. The van der Waals surface area contributed by atoms with Crippen LogP contribution < -0.4 is 10.6 Å². The van der Waals surface area contributed by atoms with Gasteiger partial charge in [-0.15, -0.1) is 13.2 Å². The van der Waals surface area contributed by atoms with Crippen LogP contribution >= 0.6 is 0 Å². The summed E-state index contributed by atoms with van der Waals surface area (Å²) >= 11 is 0. The van der Waals surface area contributed by atoms with Crippen LogP contribution in [0.5, 0.6) is 0 Å². The van der Waals surface area contributed by atoms with Crippen molar-refractivity contribution in [2.75, 3.05) is 0 Å². The van der Waals surface area contributed by atoms with Crippen molar-refractivity contribution in [1.29, 1.82) is 0 Å². The molecule has 2 amide bonds. The summed E-state index contributed by atoms with van der Waals surface area (Å²) in [5.41, 5.74) is 1.06. The van der Waals surface area contributed by atoms with Crippen molar-refractivity contribution >= 4 is 24.1 Å². The van der Waals surface area contributed by atoms with Gasteiger partial charge in [-0.1, -0.05) is 41.5 Å². The van der Waals surface area contributed by atoms with Gasteiger partial charge in [-0.2, -0.15) is 0 Å². The first-order valence-corrected chi connectivity index (χ1v) is 12.5. The van der Waals surface area contributed by atoms with Gasteiger partial charge in [0.05, 0.1) is 0 Å². The molecule has 0 aliphatic rings. The second kappa shape index (κ2) is 16.2. The predicted molar refractivity (Wildman–Crippen MR) is 149 cm³/mol. The molecule has 0 saturated carbocycles. The van der Waals surface area contributed by atoms with Crippen molar-refractivity contribution in [3.05, 3.63) is 60.2 Å². The van der Waals surface area contributed by atoms with Crippen molar-refractivity contribution in [1.82, 2.24) is 10.6 Å². The van der Waals surface area contributed by atoms with E-state index in [2.05, 4.69) is 23.8 Å². The van der Waals surface area contributed by atoms with Crippen LogP contribution in [-0.2, 0) is 30.4 Å². The molecule has 2 atom stereocenters. The third-order valence-electron chi connectivity index (χ3n) is 4.29. The molecule has 0 fully saturated rings. The molecule has 0 aromatic heterocycles. The van der Waals surface area contributed by atoms with E-state index >= 15 is 0 Å². The van der Waals surface area contributed by atoms with E-state index in [1.54, 1.807) is 55.4 Å². The van der Waals surface area contributed by atoms with Crippen LogP contribution in [0.4, 0.5) is 9.59 Å². The van der Waals surface area contributed by atoms with Crippen LogP contribution in [0.25, 0.3) is 0 Å². The third-order valence-corrected chi connectivity index (χ3v) is 4.29. The highest BCUT2D eigenvalue weighted by molar-refractivity contribution is 5.82. The largest absolute Gasteiger partial charge is 0.480 e. The summed E-state index contributed by atoms with van der Waals surface area (Å²) in [7, 11) is 0. The van der Waals surface area contributed by atoms with Crippen LogP contribution in [0.15, 0.2) is 54.6 Å². The molecule has 0 unspecified atom stereocenters. The Hall–Kier alpha value is -3.82. The fourth-order valence-corrected chi connectivity index (χ4v) is 2.82. The number of alkyl carbamates (subject to hydrolysis) is 2. The molecule has 10 heteroatoms. The summed E-state index contributed by atoms with van der Waals surface area (Å²) in [6.07, 6.45) is -0.900. The van der Waals surface area contributed by atoms with Gasteiger partial charge >= 0.3 is 24.1 Å². The number of benzene rings is 1. The first kappa shape index (κ1) is 35.2. The minimum atomic E-state index is -1.10. The van der Waals surface area contributed by atoms with Crippen LogP contribution in [0.2, 0.25) is 0 Å². The Morgan fingerprint density at radius 1 is 0.795 bits per heavy atom. The van der Waals surface area contributed by atoms with Crippen molar-refractivity contribution in [3.8, 4) is 0 Å². The number of esters is 1. The highest BCUT2D eigenvalue weighted by atomic mass is 16.6. The number of carboxylic acids is 1. The Kier molecular flexibility index (Phi) is 14.6. The summed E-state index contributed by atoms with van der Waals surface area (Å²) in [6, 6.07) is 7.55. The van der Waals surface area contributed by atoms with Gasteiger partial charge in [-0.25, -0.2) is 19.2 Å². The Morgan fingerprint density at radius 2 is 1.21 bits per heavy atom. The number of carboxylic acid groups (broad SMARTS) is 1. The molecule has 0 heterocycles. The summed E-state index contributed by atoms with van der Waals surface area (Å²) < 4.78 is 15.4. The van der Waals surface area contributed by atoms with Gasteiger partial charge in [-0.3, -0.25) is 0 Å². The lowest BCUT2D eigenvalue weighted by Gasteiger charge is -2.23. The van der Waals surface area contributed by atoms with E-state index in [4.69, 9.17) is 19.3 Å². The normalized spacial score (nSPS) is 12.4. The van der Waals surface area contributed by atoms with Crippen molar-refractivity contribution in [2.24, 2.45) is 0 Å². The van der Waals surface area contributed by atoms with E-state index in [1.807, 2.05) is 30.3 Å². The monoisotopic (exact) mass is 548 g/mol. The fourth-order valence-electron chi connectivity index (χ4n) is 2.82. The zero-order valence-electron chi connectivity index (χ0n) is 24.4. The topological polar surface area (TPSA) is 140 Å². The molecule has 0 saturated heterocycles. The van der Waals surface area contributed by atoms with E-state index in [0.717, 1.165) is 11.1 Å². The second-order valence-corrected chi connectivity index (χ2v) is 11.2. The summed E-state index contributed by atoms with van der Waals surface area (Å²) in [5.74, 6) is -1.61. The number of hydrogen-bond acceptors (Lipinski definition) is 7. The molecule has 1 aromatic carbocycles.